The Bertz CT molecular complexity index is 1270. The molecule has 5 rings (SSSR count). The second kappa shape index (κ2) is 7.47. The van der Waals surface area contributed by atoms with Crippen LogP contribution >= 0.6 is 23.2 Å². The molecule has 32 heavy (non-hydrogen) atoms. The first kappa shape index (κ1) is 21.2. The number of halogens is 2. The highest BCUT2D eigenvalue weighted by atomic mass is 35.5. The Balaban J connectivity index is 1.80. The number of methoxy groups -OCH3 is 1. The van der Waals surface area contributed by atoms with Crippen LogP contribution in [0.25, 0.3) is 16.7 Å². The maximum atomic E-state index is 6.64. The van der Waals surface area contributed by atoms with Gasteiger partial charge in [-0.25, -0.2) is 0 Å². The molecule has 1 atom stereocenters. The summed E-state index contributed by atoms with van der Waals surface area (Å²) in [4.78, 5) is 0. The van der Waals surface area contributed by atoms with E-state index in [0.717, 1.165) is 39.3 Å². The van der Waals surface area contributed by atoms with Crippen molar-refractivity contribution in [2.24, 2.45) is 0 Å². The summed E-state index contributed by atoms with van der Waals surface area (Å²) in [5, 5.41) is 4.92. The monoisotopic (exact) mass is 465 g/mol. The summed E-state index contributed by atoms with van der Waals surface area (Å²) in [6.45, 7) is 8.52. The molecule has 0 aromatic heterocycles. The van der Waals surface area contributed by atoms with Crippen molar-refractivity contribution in [2.45, 2.75) is 39.3 Å². The molecule has 2 aliphatic rings. The van der Waals surface area contributed by atoms with Crippen LogP contribution in [0.1, 0.15) is 49.1 Å². The van der Waals surface area contributed by atoms with Crippen molar-refractivity contribution in [2.75, 3.05) is 12.4 Å². The molecular formula is C27H25Cl2NO2. The smallest absolute Gasteiger partial charge is 0.150 e. The van der Waals surface area contributed by atoms with Crippen LogP contribution in [0.15, 0.2) is 48.5 Å². The van der Waals surface area contributed by atoms with Crippen LogP contribution in [0.5, 0.6) is 11.5 Å². The van der Waals surface area contributed by atoms with E-state index >= 15 is 0 Å². The van der Waals surface area contributed by atoms with Crippen LogP contribution in [0, 0.1) is 6.92 Å². The van der Waals surface area contributed by atoms with Crippen LogP contribution in [-0.2, 0) is 0 Å². The molecule has 0 bridgehead atoms. The quantitative estimate of drug-likeness (QED) is 0.414. The molecule has 0 radical (unpaired) electrons. The van der Waals surface area contributed by atoms with Crippen molar-refractivity contribution in [3.63, 3.8) is 0 Å². The number of rotatable bonds is 2. The zero-order chi connectivity index (χ0) is 22.8. The van der Waals surface area contributed by atoms with Gasteiger partial charge in [-0.2, -0.15) is 0 Å². The molecule has 3 aromatic carbocycles. The highest BCUT2D eigenvalue weighted by molar-refractivity contribution is 6.32. The fourth-order valence-electron chi connectivity index (χ4n) is 5.06. The third-order valence-electron chi connectivity index (χ3n) is 6.17. The lowest BCUT2D eigenvalue weighted by Crippen LogP contribution is -2.32. The van der Waals surface area contributed by atoms with Crippen molar-refractivity contribution >= 4 is 34.5 Å². The van der Waals surface area contributed by atoms with Gasteiger partial charge in [0.25, 0.3) is 0 Å². The maximum absolute atomic E-state index is 6.64. The number of hydrogen-bond acceptors (Lipinski definition) is 3. The third kappa shape index (κ3) is 3.35. The van der Waals surface area contributed by atoms with Gasteiger partial charge in [0.05, 0.1) is 17.7 Å². The van der Waals surface area contributed by atoms with E-state index < -0.39 is 0 Å². The van der Waals surface area contributed by atoms with Gasteiger partial charge >= 0.3 is 0 Å². The predicted molar refractivity (Wildman–Crippen MR) is 133 cm³/mol. The molecule has 164 valence electrons. The van der Waals surface area contributed by atoms with E-state index in [4.69, 9.17) is 32.7 Å². The van der Waals surface area contributed by atoms with Crippen molar-refractivity contribution in [3.8, 4) is 22.6 Å². The lowest BCUT2D eigenvalue weighted by Gasteiger charge is -2.37. The second-order valence-electron chi connectivity index (χ2n) is 9.11. The molecule has 0 saturated carbocycles. The molecule has 0 amide bonds. The lowest BCUT2D eigenvalue weighted by molar-refractivity contribution is 0.243. The molecule has 3 nitrogen and oxygen atoms in total. The molecule has 0 aliphatic carbocycles. The number of fused-ring (bicyclic) bond motifs is 5. The van der Waals surface area contributed by atoms with E-state index in [1.54, 1.807) is 7.11 Å². The Morgan fingerprint density at radius 1 is 1.00 bits per heavy atom. The van der Waals surface area contributed by atoms with Crippen LogP contribution in [0.4, 0.5) is 5.69 Å². The zero-order valence-electron chi connectivity index (χ0n) is 18.8. The molecule has 1 N–H and O–H groups in total. The van der Waals surface area contributed by atoms with Crippen molar-refractivity contribution in [1.29, 1.82) is 0 Å². The number of aryl methyl sites for hydroxylation is 1. The molecule has 3 aromatic rings. The van der Waals surface area contributed by atoms with Gasteiger partial charge in [0.1, 0.15) is 11.5 Å². The van der Waals surface area contributed by atoms with Gasteiger partial charge in [-0.1, -0.05) is 35.3 Å². The van der Waals surface area contributed by atoms with E-state index in [0.29, 0.717) is 15.8 Å². The van der Waals surface area contributed by atoms with E-state index in [9.17, 15) is 0 Å². The number of hydrogen-bond donors (Lipinski definition) is 1. The predicted octanol–water partition coefficient (Wildman–Crippen LogP) is 8.07. The van der Waals surface area contributed by atoms with Gasteiger partial charge < -0.3 is 14.8 Å². The normalized spacial score (nSPS) is 17.8. The number of nitrogens with one attached hydrogen (secondary N) is 1. The second-order valence-corrected chi connectivity index (χ2v) is 9.96. The van der Waals surface area contributed by atoms with Crippen LogP contribution in [0.3, 0.4) is 0 Å². The summed E-state index contributed by atoms with van der Waals surface area (Å²) >= 11 is 13.0. The van der Waals surface area contributed by atoms with E-state index in [2.05, 4.69) is 50.4 Å². The van der Waals surface area contributed by atoms with E-state index in [-0.39, 0.29) is 11.6 Å². The first-order valence-corrected chi connectivity index (χ1v) is 11.4. The molecule has 2 heterocycles. The van der Waals surface area contributed by atoms with Gasteiger partial charge in [0, 0.05) is 27.4 Å². The molecular weight excluding hydrogens is 441 g/mol. The van der Waals surface area contributed by atoms with Gasteiger partial charge in [0.2, 0.25) is 0 Å². The van der Waals surface area contributed by atoms with E-state index in [1.807, 2.05) is 31.2 Å². The minimum Gasteiger partial charge on any atom is -0.495 e. The lowest BCUT2D eigenvalue weighted by atomic mass is 9.80. The Hall–Kier alpha value is -2.62. The first-order valence-electron chi connectivity index (χ1n) is 10.6. The molecule has 2 aliphatic heterocycles. The summed E-state index contributed by atoms with van der Waals surface area (Å²) in [6.07, 6.45) is 1.95. The minimum atomic E-state index is -0.318. The van der Waals surface area contributed by atoms with Gasteiger partial charge in [-0.3, -0.25) is 0 Å². The standard InChI is InChI=1S/C27H25Cl2NO2/c1-14-10-16(11-20(29)25(14)31-5)26-24-18(19-12-17(28)6-9-22(19)32-26)7-8-21-23(24)15(2)13-27(3,4)30-21/h6-13,26,30H,1-5H3/t26-/m1/s1. The number of benzene rings is 3. The molecule has 0 unspecified atom stereocenters. The topological polar surface area (TPSA) is 30.5 Å². The SMILES string of the molecule is COc1c(C)cc([C@H]2Oc3ccc(Cl)cc3-c3ccc4c(c32)C(C)=CC(C)(C)N4)cc1Cl. The summed E-state index contributed by atoms with van der Waals surface area (Å²) < 4.78 is 12.1. The van der Waals surface area contributed by atoms with E-state index in [1.165, 1.54) is 11.1 Å². The number of allylic oxidation sites excluding steroid dienone is 1. The molecule has 0 saturated heterocycles. The van der Waals surface area contributed by atoms with Crippen molar-refractivity contribution in [3.05, 3.63) is 80.8 Å². The molecule has 0 fully saturated rings. The van der Waals surface area contributed by atoms with Crippen LogP contribution < -0.4 is 14.8 Å². The summed E-state index contributed by atoms with van der Waals surface area (Å²) in [6, 6.07) is 14.1. The Morgan fingerprint density at radius 2 is 1.78 bits per heavy atom. The fourth-order valence-corrected chi connectivity index (χ4v) is 5.58. The molecule has 0 spiro atoms. The average molecular weight is 466 g/mol. The van der Waals surface area contributed by atoms with Crippen molar-refractivity contribution in [1.82, 2.24) is 0 Å². The van der Waals surface area contributed by atoms with Gasteiger partial charge in [-0.15, -0.1) is 0 Å². The fraction of sp³-hybridized carbons (Fsp3) is 0.259. The van der Waals surface area contributed by atoms with Gasteiger partial charge in [-0.05, 0) is 86.4 Å². The highest BCUT2D eigenvalue weighted by Crippen LogP contribution is 2.51. The van der Waals surface area contributed by atoms with Crippen molar-refractivity contribution < 1.29 is 9.47 Å². The zero-order valence-corrected chi connectivity index (χ0v) is 20.3. The Morgan fingerprint density at radius 3 is 2.50 bits per heavy atom. The summed E-state index contributed by atoms with van der Waals surface area (Å²) in [5.41, 5.74) is 8.56. The Labute approximate surface area is 199 Å². The number of ether oxygens (including phenoxy) is 2. The maximum Gasteiger partial charge on any atom is 0.150 e. The largest absolute Gasteiger partial charge is 0.495 e. The summed E-state index contributed by atoms with van der Waals surface area (Å²) in [7, 11) is 1.64. The van der Waals surface area contributed by atoms with Gasteiger partial charge in [0.15, 0.2) is 6.10 Å². The minimum absolute atomic E-state index is 0.127. The first-order chi connectivity index (χ1) is 15.2. The molecule has 5 heteroatoms. The third-order valence-corrected chi connectivity index (χ3v) is 6.69. The highest BCUT2D eigenvalue weighted by Gasteiger charge is 2.35. The number of anilines is 1. The summed E-state index contributed by atoms with van der Waals surface area (Å²) in [5.74, 6) is 1.50. The Kier molecular flexibility index (Phi) is 4.96. The van der Waals surface area contributed by atoms with Crippen LogP contribution in [-0.4, -0.2) is 12.6 Å². The average Bonchev–Trinajstić information content (AvgIpc) is 2.71. The van der Waals surface area contributed by atoms with Crippen LogP contribution in [0.2, 0.25) is 10.0 Å².